The number of aromatic nitrogens is 1. The van der Waals surface area contributed by atoms with Crippen LogP contribution in [0.1, 0.15) is 20.3 Å². The lowest BCUT2D eigenvalue weighted by Crippen LogP contribution is -2.33. The van der Waals surface area contributed by atoms with E-state index in [1.54, 1.807) is 6.07 Å². The standard InChI is InChI=1S/C11H18N2O3S/c1-11(2,6-8-14)13-10-9(17(3,15)16)5-4-7-12-10/h4-5,7,14H,6,8H2,1-3H3,(H,12,13). The Kier molecular flexibility index (Phi) is 4.11. The average molecular weight is 258 g/mol. The van der Waals surface area contributed by atoms with Crippen LogP contribution in [-0.4, -0.2) is 36.9 Å². The second-order valence-electron chi connectivity index (χ2n) is 4.60. The Morgan fingerprint density at radius 3 is 2.65 bits per heavy atom. The van der Waals surface area contributed by atoms with Gasteiger partial charge in [-0.2, -0.15) is 0 Å². The van der Waals surface area contributed by atoms with Crippen molar-refractivity contribution < 1.29 is 13.5 Å². The normalized spacial score (nSPS) is 12.5. The molecule has 1 rings (SSSR count). The lowest BCUT2D eigenvalue weighted by molar-refractivity contribution is 0.260. The highest BCUT2D eigenvalue weighted by atomic mass is 32.2. The fraction of sp³-hybridized carbons (Fsp3) is 0.545. The molecule has 1 heterocycles. The Morgan fingerprint density at radius 2 is 2.12 bits per heavy atom. The third kappa shape index (κ3) is 3.98. The van der Waals surface area contributed by atoms with E-state index < -0.39 is 15.4 Å². The molecule has 0 bridgehead atoms. The van der Waals surface area contributed by atoms with Crippen molar-refractivity contribution in [1.29, 1.82) is 0 Å². The number of hydrogen-bond donors (Lipinski definition) is 2. The summed E-state index contributed by atoms with van der Waals surface area (Å²) >= 11 is 0. The predicted molar refractivity (Wildman–Crippen MR) is 66.8 cm³/mol. The zero-order valence-corrected chi connectivity index (χ0v) is 11.1. The molecule has 0 aliphatic heterocycles. The Hall–Kier alpha value is -1.14. The summed E-state index contributed by atoms with van der Waals surface area (Å²) in [6.07, 6.45) is 3.19. The van der Waals surface area contributed by atoms with Crippen molar-refractivity contribution in [2.24, 2.45) is 0 Å². The Labute approximate surface area is 102 Å². The van der Waals surface area contributed by atoms with Gasteiger partial charge in [0.2, 0.25) is 0 Å². The first-order chi connectivity index (χ1) is 7.76. The maximum Gasteiger partial charge on any atom is 0.179 e. The second-order valence-corrected chi connectivity index (χ2v) is 6.59. The number of aliphatic hydroxyl groups is 1. The summed E-state index contributed by atoms with van der Waals surface area (Å²) < 4.78 is 23.1. The molecule has 0 amide bonds. The van der Waals surface area contributed by atoms with Crippen LogP contribution in [0.2, 0.25) is 0 Å². The minimum Gasteiger partial charge on any atom is -0.396 e. The monoisotopic (exact) mass is 258 g/mol. The maximum absolute atomic E-state index is 11.6. The second kappa shape index (κ2) is 5.01. The van der Waals surface area contributed by atoms with Gasteiger partial charge >= 0.3 is 0 Å². The third-order valence-electron chi connectivity index (χ3n) is 2.36. The molecule has 0 saturated heterocycles. The number of hydrogen-bond acceptors (Lipinski definition) is 5. The van der Waals surface area contributed by atoms with E-state index in [2.05, 4.69) is 10.3 Å². The summed E-state index contributed by atoms with van der Waals surface area (Å²) in [6.45, 7) is 3.79. The number of rotatable bonds is 5. The first-order valence-electron chi connectivity index (χ1n) is 5.30. The number of anilines is 1. The van der Waals surface area contributed by atoms with E-state index >= 15 is 0 Å². The van der Waals surface area contributed by atoms with Crippen molar-refractivity contribution >= 4 is 15.7 Å². The van der Waals surface area contributed by atoms with Crippen LogP contribution in [0, 0.1) is 0 Å². The van der Waals surface area contributed by atoms with Gasteiger partial charge < -0.3 is 10.4 Å². The van der Waals surface area contributed by atoms with Crippen molar-refractivity contribution in [2.45, 2.75) is 30.7 Å². The van der Waals surface area contributed by atoms with Crippen LogP contribution < -0.4 is 5.32 Å². The lowest BCUT2D eigenvalue weighted by Gasteiger charge is -2.26. The van der Waals surface area contributed by atoms with E-state index in [1.165, 1.54) is 12.3 Å². The van der Waals surface area contributed by atoms with Gasteiger partial charge in [0.1, 0.15) is 10.7 Å². The van der Waals surface area contributed by atoms with Crippen LogP contribution in [0.5, 0.6) is 0 Å². The molecule has 0 aliphatic rings. The van der Waals surface area contributed by atoms with Crippen LogP contribution in [0.3, 0.4) is 0 Å². The van der Waals surface area contributed by atoms with Crippen molar-refractivity contribution in [2.75, 3.05) is 18.2 Å². The van der Waals surface area contributed by atoms with Crippen LogP contribution in [0.4, 0.5) is 5.82 Å². The molecule has 0 unspecified atom stereocenters. The van der Waals surface area contributed by atoms with E-state index in [0.717, 1.165) is 6.26 Å². The summed E-state index contributed by atoms with van der Waals surface area (Å²) in [6, 6.07) is 3.10. The highest BCUT2D eigenvalue weighted by Gasteiger charge is 2.21. The zero-order chi connectivity index (χ0) is 13.1. The zero-order valence-electron chi connectivity index (χ0n) is 10.3. The highest BCUT2D eigenvalue weighted by molar-refractivity contribution is 7.90. The van der Waals surface area contributed by atoms with Gasteiger partial charge in [0.05, 0.1) is 0 Å². The smallest absolute Gasteiger partial charge is 0.179 e. The molecule has 6 heteroatoms. The number of sulfone groups is 1. The van der Waals surface area contributed by atoms with Gasteiger partial charge in [0.15, 0.2) is 9.84 Å². The lowest BCUT2D eigenvalue weighted by atomic mass is 10.0. The largest absolute Gasteiger partial charge is 0.396 e. The van der Waals surface area contributed by atoms with Crippen molar-refractivity contribution in [3.63, 3.8) is 0 Å². The minimum absolute atomic E-state index is 0.0288. The fourth-order valence-corrected chi connectivity index (χ4v) is 2.23. The van der Waals surface area contributed by atoms with E-state index in [9.17, 15) is 8.42 Å². The summed E-state index contributed by atoms with van der Waals surface area (Å²) in [5.74, 6) is 0.327. The first-order valence-corrected chi connectivity index (χ1v) is 7.19. The van der Waals surface area contributed by atoms with Gasteiger partial charge in [-0.05, 0) is 32.4 Å². The van der Waals surface area contributed by atoms with Gasteiger partial charge in [-0.3, -0.25) is 0 Å². The van der Waals surface area contributed by atoms with Crippen LogP contribution in [-0.2, 0) is 9.84 Å². The van der Waals surface area contributed by atoms with Gasteiger partial charge in [-0.1, -0.05) is 0 Å². The topological polar surface area (TPSA) is 79.3 Å². The molecule has 0 fully saturated rings. The molecule has 0 atom stereocenters. The summed E-state index contributed by atoms with van der Waals surface area (Å²) in [4.78, 5) is 4.21. The van der Waals surface area contributed by atoms with Crippen molar-refractivity contribution in [3.05, 3.63) is 18.3 Å². The molecule has 17 heavy (non-hydrogen) atoms. The molecular formula is C11H18N2O3S. The molecule has 1 aromatic heterocycles. The molecule has 0 saturated carbocycles. The molecule has 96 valence electrons. The molecule has 0 spiro atoms. The molecule has 0 aromatic carbocycles. The minimum atomic E-state index is -3.31. The van der Waals surface area contributed by atoms with Gasteiger partial charge in [-0.25, -0.2) is 13.4 Å². The van der Waals surface area contributed by atoms with Gasteiger partial charge in [-0.15, -0.1) is 0 Å². The number of nitrogens with one attached hydrogen (secondary N) is 1. The van der Waals surface area contributed by atoms with E-state index in [1.807, 2.05) is 13.8 Å². The Balaban J connectivity index is 3.08. The quantitative estimate of drug-likeness (QED) is 0.825. The van der Waals surface area contributed by atoms with Gasteiger partial charge in [0.25, 0.3) is 0 Å². The predicted octanol–water partition coefficient (Wildman–Crippen LogP) is 1.06. The van der Waals surface area contributed by atoms with E-state index in [0.29, 0.717) is 12.2 Å². The third-order valence-corrected chi connectivity index (χ3v) is 3.49. The SMILES string of the molecule is CC(C)(CCO)Nc1ncccc1S(C)(=O)=O. The summed E-state index contributed by atoms with van der Waals surface area (Å²) in [7, 11) is -3.31. The van der Waals surface area contributed by atoms with Crippen LogP contribution in [0.15, 0.2) is 23.2 Å². The average Bonchev–Trinajstić information content (AvgIpc) is 2.15. The summed E-state index contributed by atoms with van der Waals surface area (Å²) in [5, 5.41) is 12.0. The molecule has 1 aromatic rings. The molecule has 5 nitrogen and oxygen atoms in total. The maximum atomic E-state index is 11.6. The molecular weight excluding hydrogens is 240 g/mol. The number of aliphatic hydroxyl groups excluding tert-OH is 1. The van der Waals surface area contributed by atoms with Crippen LogP contribution in [0.25, 0.3) is 0 Å². The van der Waals surface area contributed by atoms with Crippen LogP contribution >= 0.6 is 0 Å². The van der Waals surface area contributed by atoms with Crippen molar-refractivity contribution in [3.8, 4) is 0 Å². The molecule has 0 aliphatic carbocycles. The molecule has 2 N–H and O–H groups in total. The highest BCUT2D eigenvalue weighted by Crippen LogP contribution is 2.22. The Bertz CT molecular complexity index is 483. The fourth-order valence-electron chi connectivity index (χ4n) is 1.45. The first kappa shape index (κ1) is 13.9. The van der Waals surface area contributed by atoms with Crippen molar-refractivity contribution in [1.82, 2.24) is 4.98 Å². The number of pyridine rings is 1. The summed E-state index contributed by atoms with van der Waals surface area (Å²) in [5.41, 5.74) is -0.414. The van der Waals surface area contributed by atoms with E-state index in [4.69, 9.17) is 5.11 Å². The van der Waals surface area contributed by atoms with E-state index in [-0.39, 0.29) is 11.5 Å². The number of nitrogens with zero attached hydrogens (tertiary/aromatic N) is 1. The Morgan fingerprint density at radius 1 is 1.47 bits per heavy atom. The molecule has 0 radical (unpaired) electrons. The van der Waals surface area contributed by atoms with Gasteiger partial charge in [0, 0.05) is 24.6 Å².